The Morgan fingerprint density at radius 2 is 1.69 bits per heavy atom. The first-order valence-corrected chi connectivity index (χ1v) is 8.88. The van der Waals surface area contributed by atoms with Gasteiger partial charge in [0, 0.05) is 0 Å². The fraction of sp³-hybridized carbons (Fsp3) is 0.333. The summed E-state index contributed by atoms with van der Waals surface area (Å²) < 4.78 is 13.3. The van der Waals surface area contributed by atoms with E-state index in [1.807, 2.05) is 30.3 Å². The number of carbonyl (C=O) groups excluding carboxylic acids is 1. The molecule has 0 radical (unpaired) electrons. The molecule has 0 saturated heterocycles. The molecular formula is C21H22FN3O. The van der Waals surface area contributed by atoms with Crippen molar-refractivity contribution in [1.82, 2.24) is 10.6 Å². The van der Waals surface area contributed by atoms with E-state index in [0.29, 0.717) is 12.8 Å². The van der Waals surface area contributed by atoms with Gasteiger partial charge in [-0.3, -0.25) is 10.1 Å². The first-order valence-electron chi connectivity index (χ1n) is 8.88. The highest BCUT2D eigenvalue weighted by Crippen LogP contribution is 2.29. The van der Waals surface area contributed by atoms with Crippen molar-refractivity contribution in [2.75, 3.05) is 6.54 Å². The molecule has 1 amide bonds. The third-order valence-electron chi connectivity index (χ3n) is 4.85. The van der Waals surface area contributed by atoms with Gasteiger partial charge in [0.1, 0.15) is 11.4 Å². The van der Waals surface area contributed by atoms with Gasteiger partial charge >= 0.3 is 0 Å². The summed E-state index contributed by atoms with van der Waals surface area (Å²) in [6, 6.07) is 18.0. The van der Waals surface area contributed by atoms with Gasteiger partial charge in [0.15, 0.2) is 0 Å². The van der Waals surface area contributed by atoms with Crippen molar-refractivity contribution in [2.45, 2.75) is 37.3 Å². The van der Waals surface area contributed by atoms with E-state index in [-0.39, 0.29) is 24.3 Å². The number of halogens is 1. The lowest BCUT2D eigenvalue weighted by molar-refractivity contribution is -0.121. The minimum Gasteiger partial charge on any atom is -0.337 e. The van der Waals surface area contributed by atoms with Crippen LogP contribution < -0.4 is 10.6 Å². The Labute approximate surface area is 153 Å². The summed E-state index contributed by atoms with van der Waals surface area (Å²) in [7, 11) is 0. The van der Waals surface area contributed by atoms with Crippen molar-refractivity contribution in [2.24, 2.45) is 0 Å². The number of rotatable bonds is 6. The average molecular weight is 351 g/mol. The zero-order valence-electron chi connectivity index (χ0n) is 14.5. The summed E-state index contributed by atoms with van der Waals surface area (Å²) in [6.07, 6.45) is 3.33. The minimum atomic E-state index is -0.725. The van der Waals surface area contributed by atoms with E-state index in [0.717, 1.165) is 24.0 Å². The molecule has 1 fully saturated rings. The van der Waals surface area contributed by atoms with Crippen LogP contribution in [-0.4, -0.2) is 18.0 Å². The second-order valence-corrected chi connectivity index (χ2v) is 6.73. The van der Waals surface area contributed by atoms with Crippen LogP contribution in [0.15, 0.2) is 54.6 Å². The van der Waals surface area contributed by atoms with Crippen LogP contribution in [0.25, 0.3) is 0 Å². The topological polar surface area (TPSA) is 64.9 Å². The predicted octanol–water partition coefficient (Wildman–Crippen LogP) is 3.46. The highest BCUT2D eigenvalue weighted by Gasteiger charge is 2.35. The van der Waals surface area contributed by atoms with Gasteiger partial charge in [-0.05, 0) is 48.9 Å². The van der Waals surface area contributed by atoms with Crippen LogP contribution in [0, 0.1) is 17.1 Å². The van der Waals surface area contributed by atoms with E-state index in [1.165, 1.54) is 12.1 Å². The number of amides is 1. The molecule has 1 unspecified atom stereocenters. The van der Waals surface area contributed by atoms with Crippen LogP contribution in [0.2, 0.25) is 0 Å². The summed E-state index contributed by atoms with van der Waals surface area (Å²) in [6.45, 7) is 0.0837. The van der Waals surface area contributed by atoms with E-state index in [4.69, 9.17) is 0 Å². The van der Waals surface area contributed by atoms with Gasteiger partial charge in [-0.25, -0.2) is 4.39 Å². The Bertz CT molecular complexity index is 777. The minimum absolute atomic E-state index is 0.0837. The Hall–Kier alpha value is -2.71. The fourth-order valence-electron chi connectivity index (χ4n) is 3.48. The summed E-state index contributed by atoms with van der Waals surface area (Å²) >= 11 is 0. The molecule has 134 valence electrons. The van der Waals surface area contributed by atoms with Crippen molar-refractivity contribution in [3.63, 3.8) is 0 Å². The standard InChI is InChI=1S/C21H22FN3O/c22-18-10-8-17(9-11-18)20(16-6-2-1-3-7-16)24-14-19(26)25-21(15-23)12-4-5-13-21/h1-3,6-11,20,24H,4-5,12-14H2,(H,25,26). The SMILES string of the molecule is N#CC1(NC(=O)CNC(c2ccccc2)c2ccc(F)cc2)CCCC1. The van der Waals surface area contributed by atoms with Gasteiger partial charge in [0.05, 0.1) is 18.7 Å². The number of hydrogen-bond donors (Lipinski definition) is 2. The van der Waals surface area contributed by atoms with Gasteiger partial charge < -0.3 is 5.32 Å². The Balaban J connectivity index is 1.71. The van der Waals surface area contributed by atoms with Crippen LogP contribution in [0.4, 0.5) is 4.39 Å². The second-order valence-electron chi connectivity index (χ2n) is 6.73. The van der Waals surface area contributed by atoms with Crippen LogP contribution in [-0.2, 0) is 4.79 Å². The molecule has 2 N–H and O–H groups in total. The number of carbonyl (C=O) groups is 1. The van der Waals surface area contributed by atoms with Crippen molar-refractivity contribution in [1.29, 1.82) is 5.26 Å². The normalized spacial score (nSPS) is 16.6. The number of hydrogen-bond acceptors (Lipinski definition) is 3. The molecule has 2 aromatic rings. The molecule has 1 aliphatic carbocycles. The molecule has 1 saturated carbocycles. The first-order chi connectivity index (χ1) is 12.6. The zero-order valence-corrected chi connectivity index (χ0v) is 14.5. The van der Waals surface area contributed by atoms with Crippen molar-refractivity contribution >= 4 is 5.91 Å². The van der Waals surface area contributed by atoms with Gasteiger partial charge in [-0.1, -0.05) is 42.5 Å². The van der Waals surface area contributed by atoms with Crippen LogP contribution >= 0.6 is 0 Å². The third kappa shape index (κ3) is 4.27. The number of nitriles is 1. The van der Waals surface area contributed by atoms with Crippen molar-refractivity contribution in [3.05, 3.63) is 71.5 Å². The number of nitrogens with one attached hydrogen (secondary N) is 2. The molecule has 0 bridgehead atoms. The Morgan fingerprint density at radius 1 is 1.08 bits per heavy atom. The first kappa shape index (κ1) is 18.1. The zero-order chi connectivity index (χ0) is 18.4. The maximum atomic E-state index is 13.3. The van der Waals surface area contributed by atoms with E-state index < -0.39 is 5.54 Å². The summed E-state index contributed by atoms with van der Waals surface area (Å²) in [4.78, 5) is 12.4. The predicted molar refractivity (Wildman–Crippen MR) is 97.6 cm³/mol. The Morgan fingerprint density at radius 3 is 2.31 bits per heavy atom. The molecule has 2 aromatic carbocycles. The highest BCUT2D eigenvalue weighted by atomic mass is 19.1. The molecular weight excluding hydrogens is 329 g/mol. The van der Waals surface area contributed by atoms with E-state index >= 15 is 0 Å². The molecule has 0 spiro atoms. The van der Waals surface area contributed by atoms with E-state index in [2.05, 4.69) is 16.7 Å². The van der Waals surface area contributed by atoms with Gasteiger partial charge in [-0.2, -0.15) is 5.26 Å². The van der Waals surface area contributed by atoms with Crippen LogP contribution in [0.1, 0.15) is 42.9 Å². The largest absolute Gasteiger partial charge is 0.337 e. The van der Waals surface area contributed by atoms with Gasteiger partial charge in [0.2, 0.25) is 5.91 Å². The highest BCUT2D eigenvalue weighted by molar-refractivity contribution is 5.79. The smallest absolute Gasteiger partial charge is 0.235 e. The van der Waals surface area contributed by atoms with Crippen molar-refractivity contribution < 1.29 is 9.18 Å². The lowest BCUT2D eigenvalue weighted by atomic mass is 9.98. The van der Waals surface area contributed by atoms with Gasteiger partial charge in [0.25, 0.3) is 0 Å². The lowest BCUT2D eigenvalue weighted by Crippen LogP contribution is -2.48. The molecule has 0 heterocycles. The molecule has 4 nitrogen and oxygen atoms in total. The second kappa shape index (κ2) is 8.11. The average Bonchev–Trinajstić information content (AvgIpc) is 3.13. The molecule has 0 aromatic heterocycles. The molecule has 26 heavy (non-hydrogen) atoms. The molecule has 0 aliphatic heterocycles. The van der Waals surface area contributed by atoms with E-state index in [1.54, 1.807) is 12.1 Å². The number of nitrogens with zero attached hydrogens (tertiary/aromatic N) is 1. The molecule has 5 heteroatoms. The maximum Gasteiger partial charge on any atom is 0.235 e. The van der Waals surface area contributed by atoms with Crippen molar-refractivity contribution in [3.8, 4) is 6.07 Å². The van der Waals surface area contributed by atoms with E-state index in [9.17, 15) is 14.4 Å². The lowest BCUT2D eigenvalue weighted by Gasteiger charge is -2.24. The monoisotopic (exact) mass is 351 g/mol. The summed E-state index contributed by atoms with van der Waals surface area (Å²) in [5.74, 6) is -0.494. The number of benzene rings is 2. The third-order valence-corrected chi connectivity index (χ3v) is 4.85. The van der Waals surface area contributed by atoms with Gasteiger partial charge in [-0.15, -0.1) is 0 Å². The maximum absolute atomic E-state index is 13.3. The quantitative estimate of drug-likeness (QED) is 0.838. The summed E-state index contributed by atoms with van der Waals surface area (Å²) in [5.41, 5.74) is 1.14. The molecule has 1 aliphatic rings. The molecule has 1 atom stereocenters. The van der Waals surface area contributed by atoms with Crippen LogP contribution in [0.3, 0.4) is 0 Å². The fourth-order valence-corrected chi connectivity index (χ4v) is 3.48. The Kier molecular flexibility index (Phi) is 5.65. The summed E-state index contributed by atoms with van der Waals surface area (Å²) in [5, 5.41) is 15.5. The van der Waals surface area contributed by atoms with Crippen LogP contribution in [0.5, 0.6) is 0 Å². The molecule has 3 rings (SSSR count).